The molecule has 0 spiro atoms. The van der Waals surface area contributed by atoms with Gasteiger partial charge in [-0.2, -0.15) is 0 Å². The van der Waals surface area contributed by atoms with Crippen molar-refractivity contribution >= 4 is 17.9 Å². The van der Waals surface area contributed by atoms with E-state index in [4.69, 9.17) is 0 Å². The highest BCUT2D eigenvalue weighted by molar-refractivity contribution is 5.57. The number of benzene rings is 1. The normalized spacial score (nSPS) is 15.0. The Morgan fingerprint density at radius 3 is 2.21 bits per heavy atom. The fourth-order valence-electron chi connectivity index (χ4n) is 4.65. The van der Waals surface area contributed by atoms with Gasteiger partial charge in [0.2, 0.25) is 6.41 Å². The average Bonchev–Trinajstić information content (AvgIpc) is 2.96. The van der Waals surface area contributed by atoms with E-state index in [2.05, 4.69) is 89.3 Å². The lowest BCUT2D eigenvalue weighted by molar-refractivity contribution is -0.108. The van der Waals surface area contributed by atoms with Crippen LogP contribution in [0.25, 0.3) is 0 Å². The Balaban J connectivity index is 0.00000197. The standard InChI is InChI=1S/C32H44N6O.C3H8/c1-7-37-16-18-38(19-17-37)15-13-29-8-10-31(11-9-29)36-28(6)27(5)30(12-14-33-23-39)22-26(4)35-32-21-24(2)20-25(3)34-32;1-3-2/h8-12,14,20-23,36H,6-7,13,15-19H2,1-5H3,(H,33,39)(H,34,35);3H2,1-2H3/b14-12-,26-22+,30-27-;. The summed E-state index contributed by atoms with van der Waals surface area (Å²) >= 11 is 0. The number of amides is 1. The van der Waals surface area contributed by atoms with Gasteiger partial charge in [0.15, 0.2) is 0 Å². The zero-order chi connectivity index (χ0) is 30.9. The molecule has 42 heavy (non-hydrogen) atoms. The van der Waals surface area contributed by atoms with Crippen LogP contribution in [0.5, 0.6) is 0 Å². The molecule has 2 heterocycles. The lowest BCUT2D eigenvalue weighted by Crippen LogP contribution is -2.46. The molecule has 7 nitrogen and oxygen atoms in total. The Bertz CT molecular complexity index is 1200. The maximum Gasteiger partial charge on any atom is 0.211 e. The van der Waals surface area contributed by atoms with Gasteiger partial charge in [-0.3, -0.25) is 4.79 Å². The number of allylic oxidation sites excluding steroid dienone is 5. The highest BCUT2D eigenvalue weighted by Crippen LogP contribution is 2.21. The molecule has 0 saturated carbocycles. The first kappa shape index (κ1) is 34.5. The molecule has 3 N–H and O–H groups in total. The molecule has 2 aromatic rings. The number of carbonyl (C=O) groups is 1. The van der Waals surface area contributed by atoms with Crippen LogP contribution >= 0.6 is 0 Å². The molecular weight excluding hydrogens is 520 g/mol. The van der Waals surface area contributed by atoms with E-state index in [0.29, 0.717) is 6.41 Å². The Morgan fingerprint density at radius 1 is 0.976 bits per heavy atom. The lowest BCUT2D eigenvalue weighted by atomic mass is 10.0. The van der Waals surface area contributed by atoms with Crippen LogP contribution < -0.4 is 16.0 Å². The number of carbonyl (C=O) groups excluding carboxylic acids is 1. The van der Waals surface area contributed by atoms with Gasteiger partial charge in [0, 0.05) is 61.7 Å². The predicted octanol–water partition coefficient (Wildman–Crippen LogP) is 6.81. The zero-order valence-corrected chi connectivity index (χ0v) is 26.9. The van der Waals surface area contributed by atoms with Crippen molar-refractivity contribution in [3.05, 3.63) is 101 Å². The topological polar surface area (TPSA) is 72.5 Å². The van der Waals surface area contributed by atoms with Crippen molar-refractivity contribution in [1.82, 2.24) is 20.1 Å². The van der Waals surface area contributed by atoms with Crippen molar-refractivity contribution in [2.24, 2.45) is 0 Å². The molecule has 7 heteroatoms. The van der Waals surface area contributed by atoms with Crippen LogP contribution in [-0.4, -0.2) is 60.5 Å². The van der Waals surface area contributed by atoms with E-state index in [0.717, 1.165) is 77.9 Å². The van der Waals surface area contributed by atoms with Gasteiger partial charge in [-0.25, -0.2) is 4.98 Å². The van der Waals surface area contributed by atoms with Crippen molar-refractivity contribution in [2.45, 2.75) is 61.3 Å². The number of piperazine rings is 1. The van der Waals surface area contributed by atoms with Crippen LogP contribution in [0.1, 0.15) is 57.9 Å². The lowest BCUT2D eigenvalue weighted by Gasteiger charge is -2.34. The van der Waals surface area contributed by atoms with Gasteiger partial charge in [0.05, 0.1) is 0 Å². The van der Waals surface area contributed by atoms with Crippen LogP contribution in [0.2, 0.25) is 0 Å². The largest absolute Gasteiger partial charge is 0.356 e. The number of rotatable bonds is 13. The van der Waals surface area contributed by atoms with Gasteiger partial charge in [-0.05, 0) is 99.4 Å². The van der Waals surface area contributed by atoms with Crippen molar-refractivity contribution in [3.63, 3.8) is 0 Å². The highest BCUT2D eigenvalue weighted by Gasteiger charge is 2.15. The van der Waals surface area contributed by atoms with Crippen LogP contribution in [0.3, 0.4) is 0 Å². The van der Waals surface area contributed by atoms with Crippen LogP contribution in [0, 0.1) is 13.8 Å². The van der Waals surface area contributed by atoms with E-state index >= 15 is 0 Å². The van der Waals surface area contributed by atoms with Gasteiger partial charge >= 0.3 is 0 Å². The first-order chi connectivity index (χ1) is 20.2. The fourth-order valence-corrected chi connectivity index (χ4v) is 4.65. The smallest absolute Gasteiger partial charge is 0.211 e. The maximum absolute atomic E-state index is 10.8. The molecule has 0 atom stereocenters. The third kappa shape index (κ3) is 12.5. The predicted molar refractivity (Wildman–Crippen MR) is 180 cm³/mol. The van der Waals surface area contributed by atoms with Gasteiger partial charge in [-0.15, -0.1) is 0 Å². The van der Waals surface area contributed by atoms with Gasteiger partial charge in [-0.1, -0.05) is 45.9 Å². The van der Waals surface area contributed by atoms with E-state index in [1.54, 1.807) is 6.20 Å². The Kier molecular flexibility index (Phi) is 15.4. The van der Waals surface area contributed by atoms with E-state index in [1.807, 2.05) is 45.1 Å². The molecule has 3 rings (SSSR count). The zero-order valence-electron chi connectivity index (χ0n) is 26.9. The van der Waals surface area contributed by atoms with E-state index in [-0.39, 0.29) is 0 Å². The van der Waals surface area contributed by atoms with Crippen molar-refractivity contribution < 1.29 is 4.79 Å². The first-order valence-corrected chi connectivity index (χ1v) is 15.2. The second-order valence-corrected chi connectivity index (χ2v) is 10.9. The number of pyridine rings is 1. The van der Waals surface area contributed by atoms with E-state index < -0.39 is 0 Å². The molecule has 228 valence electrons. The van der Waals surface area contributed by atoms with E-state index in [1.165, 1.54) is 25.1 Å². The maximum atomic E-state index is 10.8. The number of likely N-dealkylation sites (N-methyl/N-ethyl adjacent to an activating group) is 1. The molecule has 1 aliphatic heterocycles. The summed E-state index contributed by atoms with van der Waals surface area (Å²) in [6, 6.07) is 12.7. The molecule has 0 bridgehead atoms. The summed E-state index contributed by atoms with van der Waals surface area (Å²) in [4.78, 5) is 20.4. The fraction of sp³-hybridized carbons (Fsp3) is 0.429. The Labute approximate surface area is 254 Å². The number of hydrogen-bond donors (Lipinski definition) is 3. The molecule has 1 saturated heterocycles. The minimum Gasteiger partial charge on any atom is -0.356 e. The quantitative estimate of drug-likeness (QED) is 0.181. The molecule has 0 aliphatic carbocycles. The third-order valence-corrected chi connectivity index (χ3v) is 6.99. The number of hydrogen-bond acceptors (Lipinski definition) is 6. The summed E-state index contributed by atoms with van der Waals surface area (Å²) in [5, 5.41) is 9.41. The summed E-state index contributed by atoms with van der Waals surface area (Å²) in [6.07, 6.45) is 8.46. The molecular formula is C35H52N6O. The first-order valence-electron chi connectivity index (χ1n) is 15.2. The minimum atomic E-state index is 0.650. The summed E-state index contributed by atoms with van der Waals surface area (Å²) in [5.41, 5.74) is 8.03. The number of aromatic nitrogens is 1. The average molecular weight is 573 g/mol. The molecule has 0 radical (unpaired) electrons. The van der Waals surface area contributed by atoms with Crippen molar-refractivity contribution in [2.75, 3.05) is 49.9 Å². The number of nitrogens with one attached hydrogen (secondary N) is 3. The Morgan fingerprint density at radius 2 is 1.62 bits per heavy atom. The van der Waals surface area contributed by atoms with E-state index in [9.17, 15) is 4.79 Å². The highest BCUT2D eigenvalue weighted by atomic mass is 16.1. The van der Waals surface area contributed by atoms with Gasteiger partial charge in [0.25, 0.3) is 0 Å². The summed E-state index contributed by atoms with van der Waals surface area (Å²) < 4.78 is 0. The molecule has 1 aromatic heterocycles. The van der Waals surface area contributed by atoms with Crippen LogP contribution in [0.4, 0.5) is 11.5 Å². The van der Waals surface area contributed by atoms with Crippen LogP contribution in [0.15, 0.2) is 83.9 Å². The number of nitrogens with zero attached hydrogens (tertiary/aromatic N) is 3. The summed E-state index contributed by atoms with van der Waals surface area (Å²) in [6.45, 7) is 25.7. The molecule has 1 aromatic carbocycles. The number of anilines is 2. The van der Waals surface area contributed by atoms with Gasteiger partial charge < -0.3 is 25.8 Å². The number of aryl methyl sites for hydroxylation is 2. The second-order valence-electron chi connectivity index (χ2n) is 10.9. The molecule has 1 amide bonds. The minimum absolute atomic E-state index is 0.650. The van der Waals surface area contributed by atoms with Gasteiger partial charge in [0.1, 0.15) is 5.82 Å². The van der Waals surface area contributed by atoms with Crippen molar-refractivity contribution in [3.8, 4) is 0 Å². The third-order valence-electron chi connectivity index (χ3n) is 6.99. The monoisotopic (exact) mass is 572 g/mol. The summed E-state index contributed by atoms with van der Waals surface area (Å²) in [7, 11) is 0. The Hall–Kier alpha value is -3.68. The molecule has 0 unspecified atom stereocenters. The summed E-state index contributed by atoms with van der Waals surface area (Å²) in [5.74, 6) is 0.800. The second kappa shape index (κ2) is 18.7. The molecule has 1 aliphatic rings. The van der Waals surface area contributed by atoms with Crippen LogP contribution in [-0.2, 0) is 11.2 Å². The molecule has 1 fully saturated rings. The van der Waals surface area contributed by atoms with Crippen molar-refractivity contribution in [1.29, 1.82) is 0 Å². The SMILES string of the molecule is C=C(Nc1ccc(CCN2CCN(CC)CC2)cc1)/C(C)=C(/C=C\NC=O)\C=C(/C)Nc1cc(C)cc(C)n1.CCC.